The van der Waals surface area contributed by atoms with Crippen molar-refractivity contribution in [2.45, 2.75) is 53.0 Å². The molecule has 0 aromatic heterocycles. The van der Waals surface area contributed by atoms with E-state index in [-0.39, 0.29) is 23.4 Å². The Hall–Kier alpha value is -1.14. The van der Waals surface area contributed by atoms with Crippen LogP contribution in [0.15, 0.2) is 12.1 Å². The molecule has 0 radical (unpaired) electrons. The van der Waals surface area contributed by atoms with Gasteiger partial charge in [0.15, 0.2) is 11.6 Å². The van der Waals surface area contributed by atoms with Crippen LogP contribution in [0, 0.1) is 11.7 Å². The van der Waals surface area contributed by atoms with Gasteiger partial charge in [-0.2, -0.15) is 4.31 Å². The van der Waals surface area contributed by atoms with E-state index in [0.717, 1.165) is 24.0 Å². The van der Waals surface area contributed by atoms with Gasteiger partial charge >= 0.3 is 0 Å². The number of nitrogens with zero attached hydrogens (tertiary/aromatic N) is 1. The van der Waals surface area contributed by atoms with Gasteiger partial charge in [-0.05, 0) is 62.3 Å². The van der Waals surface area contributed by atoms with E-state index in [1.54, 1.807) is 13.0 Å². The molecule has 0 spiro atoms. The van der Waals surface area contributed by atoms with Crippen LogP contribution in [0.3, 0.4) is 0 Å². The smallest absolute Gasteiger partial charge is 0.214 e. The van der Waals surface area contributed by atoms with Crippen LogP contribution in [0.5, 0.6) is 5.75 Å². The number of rotatable bonds is 5. The van der Waals surface area contributed by atoms with E-state index in [9.17, 15) is 12.8 Å². The highest BCUT2D eigenvalue weighted by atomic mass is 32.2. The van der Waals surface area contributed by atoms with Gasteiger partial charge in [-0.15, -0.1) is 0 Å². The van der Waals surface area contributed by atoms with Crippen LogP contribution < -0.4 is 4.74 Å². The first-order valence-electron chi connectivity index (χ1n) is 8.87. The second-order valence-corrected chi connectivity index (χ2v) is 8.38. The molecule has 6 heteroatoms. The van der Waals surface area contributed by atoms with Crippen molar-refractivity contribution in [3.05, 3.63) is 29.1 Å². The topological polar surface area (TPSA) is 46.6 Å². The Kier molecular flexibility index (Phi) is 6.26. The van der Waals surface area contributed by atoms with E-state index in [1.165, 1.54) is 10.4 Å². The highest BCUT2D eigenvalue weighted by Crippen LogP contribution is 2.36. The van der Waals surface area contributed by atoms with Crippen molar-refractivity contribution in [3.63, 3.8) is 0 Å². The number of hydrogen-bond donors (Lipinski definition) is 0. The van der Waals surface area contributed by atoms with Crippen LogP contribution in [-0.4, -0.2) is 31.6 Å². The van der Waals surface area contributed by atoms with E-state index < -0.39 is 10.0 Å². The summed E-state index contributed by atoms with van der Waals surface area (Å²) in [5.41, 5.74) is 1.74. The molecule has 0 saturated heterocycles. The second-order valence-electron chi connectivity index (χ2n) is 6.17. The summed E-state index contributed by atoms with van der Waals surface area (Å²) in [6.07, 6.45) is 2.83. The van der Waals surface area contributed by atoms with E-state index in [0.29, 0.717) is 25.5 Å². The first-order valence-corrected chi connectivity index (χ1v) is 10.5. The Bertz CT molecular complexity index is 671. The molecule has 1 heterocycles. The van der Waals surface area contributed by atoms with Crippen LogP contribution in [0.1, 0.15) is 57.7 Å². The average Bonchev–Trinajstić information content (AvgIpc) is 3.39. The zero-order valence-corrected chi connectivity index (χ0v) is 15.8. The number of hydrogen-bond acceptors (Lipinski definition) is 3. The van der Waals surface area contributed by atoms with Crippen molar-refractivity contribution in [3.8, 4) is 5.75 Å². The number of ether oxygens (including phenoxy) is 1. The number of fused-ring (bicyclic) bond motifs is 1. The van der Waals surface area contributed by atoms with Crippen LogP contribution in [0.25, 0.3) is 0 Å². The summed E-state index contributed by atoms with van der Waals surface area (Å²) in [6.45, 7) is 8.45. The summed E-state index contributed by atoms with van der Waals surface area (Å²) >= 11 is 0. The highest BCUT2D eigenvalue weighted by molar-refractivity contribution is 7.89. The fraction of sp³-hybridized carbons (Fsp3) is 0.667. The zero-order chi connectivity index (χ0) is 17.9. The van der Waals surface area contributed by atoms with Crippen LogP contribution in [-0.2, 0) is 16.4 Å². The van der Waals surface area contributed by atoms with Gasteiger partial charge in [0, 0.05) is 12.6 Å². The lowest BCUT2D eigenvalue weighted by molar-refractivity contribution is 0.280. The molecule has 0 unspecified atom stereocenters. The SMILES string of the molecule is CC.CCS(=O)(=O)N1CCc2cc(F)c(OCC3CC3)cc2[C@H]1C. The lowest BCUT2D eigenvalue weighted by atomic mass is 9.95. The molecule has 136 valence electrons. The summed E-state index contributed by atoms with van der Waals surface area (Å²) in [7, 11) is -3.25. The van der Waals surface area contributed by atoms with Crippen LogP contribution >= 0.6 is 0 Å². The minimum atomic E-state index is -3.25. The molecular formula is C18H28FNO3S. The minimum absolute atomic E-state index is 0.0822. The molecule has 1 atom stereocenters. The third-order valence-corrected chi connectivity index (χ3v) is 6.51. The molecule has 1 aromatic rings. The Labute approximate surface area is 145 Å². The Morgan fingerprint density at radius 3 is 2.54 bits per heavy atom. The summed E-state index contributed by atoms with van der Waals surface area (Å²) in [6, 6.07) is 2.91. The summed E-state index contributed by atoms with van der Waals surface area (Å²) in [5.74, 6) is 0.523. The normalized spacial score (nSPS) is 20.8. The van der Waals surface area contributed by atoms with Gasteiger partial charge in [0.05, 0.1) is 12.4 Å². The summed E-state index contributed by atoms with van der Waals surface area (Å²) in [4.78, 5) is 0. The molecule has 2 aliphatic rings. The Morgan fingerprint density at radius 1 is 1.29 bits per heavy atom. The lowest BCUT2D eigenvalue weighted by Gasteiger charge is -2.34. The maximum Gasteiger partial charge on any atom is 0.214 e. The molecule has 0 bridgehead atoms. The molecular weight excluding hydrogens is 329 g/mol. The lowest BCUT2D eigenvalue weighted by Crippen LogP contribution is -2.39. The first kappa shape index (κ1) is 19.2. The van der Waals surface area contributed by atoms with Gasteiger partial charge in [0.2, 0.25) is 10.0 Å². The van der Waals surface area contributed by atoms with E-state index >= 15 is 0 Å². The van der Waals surface area contributed by atoms with E-state index in [4.69, 9.17) is 4.74 Å². The second kappa shape index (κ2) is 7.83. The number of sulfonamides is 1. The van der Waals surface area contributed by atoms with Crippen molar-refractivity contribution in [2.24, 2.45) is 5.92 Å². The molecule has 4 nitrogen and oxygen atoms in total. The molecule has 0 N–H and O–H groups in total. The molecule has 1 aliphatic heterocycles. The van der Waals surface area contributed by atoms with Gasteiger partial charge in [0.1, 0.15) is 0 Å². The van der Waals surface area contributed by atoms with Crippen molar-refractivity contribution in [1.29, 1.82) is 0 Å². The molecule has 1 saturated carbocycles. The van der Waals surface area contributed by atoms with Crippen LogP contribution in [0.2, 0.25) is 0 Å². The van der Waals surface area contributed by atoms with Gasteiger partial charge < -0.3 is 4.74 Å². The molecule has 1 fully saturated rings. The first-order chi connectivity index (χ1) is 11.4. The highest BCUT2D eigenvalue weighted by Gasteiger charge is 2.32. The third-order valence-electron chi connectivity index (χ3n) is 4.57. The number of halogens is 1. The average molecular weight is 357 g/mol. The minimum Gasteiger partial charge on any atom is -0.490 e. The molecule has 1 aliphatic carbocycles. The largest absolute Gasteiger partial charge is 0.490 e. The van der Waals surface area contributed by atoms with Crippen molar-refractivity contribution < 1.29 is 17.5 Å². The zero-order valence-electron chi connectivity index (χ0n) is 15.0. The standard InChI is InChI=1S/C16H22FNO3S.C2H6/c1-3-22(19,20)18-7-6-13-8-15(17)16(9-14(13)11(18)2)21-10-12-4-5-12;1-2/h8-9,11-12H,3-7,10H2,1-2H3;1-2H3/t11-;/m1./s1. The van der Waals surface area contributed by atoms with Gasteiger partial charge in [-0.1, -0.05) is 13.8 Å². The summed E-state index contributed by atoms with van der Waals surface area (Å²) < 4.78 is 45.5. The molecule has 0 amide bonds. The van der Waals surface area contributed by atoms with Gasteiger partial charge in [-0.3, -0.25) is 0 Å². The third kappa shape index (κ3) is 4.09. The quantitative estimate of drug-likeness (QED) is 0.803. The predicted octanol–water partition coefficient (Wildman–Crippen LogP) is 3.91. The maximum atomic E-state index is 14.1. The fourth-order valence-corrected chi connectivity index (χ4v) is 4.24. The molecule has 3 rings (SSSR count). The van der Waals surface area contributed by atoms with Crippen molar-refractivity contribution >= 4 is 10.0 Å². The Morgan fingerprint density at radius 2 is 1.96 bits per heavy atom. The van der Waals surface area contributed by atoms with Crippen molar-refractivity contribution in [1.82, 2.24) is 4.31 Å². The van der Waals surface area contributed by atoms with E-state index in [2.05, 4.69) is 0 Å². The van der Waals surface area contributed by atoms with Crippen molar-refractivity contribution in [2.75, 3.05) is 18.9 Å². The molecule has 24 heavy (non-hydrogen) atoms. The predicted molar refractivity (Wildman–Crippen MR) is 94.3 cm³/mol. The molecule has 1 aromatic carbocycles. The maximum absolute atomic E-state index is 14.1. The van der Waals surface area contributed by atoms with Gasteiger partial charge in [-0.25, -0.2) is 12.8 Å². The summed E-state index contributed by atoms with van der Waals surface area (Å²) in [5, 5.41) is 0. The number of benzene rings is 1. The van der Waals surface area contributed by atoms with E-state index in [1.807, 2.05) is 20.8 Å². The van der Waals surface area contributed by atoms with Crippen LogP contribution in [0.4, 0.5) is 4.39 Å². The Balaban J connectivity index is 0.00000100. The fourth-order valence-electron chi connectivity index (χ4n) is 2.94. The monoisotopic (exact) mass is 357 g/mol. The van der Waals surface area contributed by atoms with Gasteiger partial charge in [0.25, 0.3) is 0 Å².